The number of nitrogens with zero attached hydrogens (tertiary/aromatic N) is 6. The minimum atomic E-state index is -0.207. The quantitative estimate of drug-likeness (QED) is 0.351. The Morgan fingerprint density at radius 1 is 0.868 bits per heavy atom. The van der Waals surface area contributed by atoms with Crippen molar-refractivity contribution in [2.24, 2.45) is 0 Å². The van der Waals surface area contributed by atoms with E-state index in [1.807, 2.05) is 73.2 Å². The van der Waals surface area contributed by atoms with Gasteiger partial charge in [0, 0.05) is 47.4 Å². The fourth-order valence-corrected chi connectivity index (χ4v) is 4.57. The van der Waals surface area contributed by atoms with Gasteiger partial charge in [0.05, 0.1) is 18.8 Å². The number of benzene rings is 2. The third-order valence-corrected chi connectivity index (χ3v) is 6.59. The Bertz CT molecular complexity index is 1570. The number of piperidine rings is 1. The number of hydrogen-bond donors (Lipinski definition) is 1. The maximum absolute atomic E-state index is 12.5. The van der Waals surface area contributed by atoms with Crippen molar-refractivity contribution in [3.05, 3.63) is 107 Å². The van der Waals surface area contributed by atoms with Crippen LogP contribution in [0.1, 0.15) is 24.4 Å². The second-order valence-electron chi connectivity index (χ2n) is 9.27. The highest BCUT2D eigenvalue weighted by atomic mass is 16.5. The van der Waals surface area contributed by atoms with Gasteiger partial charge in [-0.25, -0.2) is 14.6 Å². The van der Waals surface area contributed by atoms with Gasteiger partial charge in [-0.1, -0.05) is 36.4 Å². The van der Waals surface area contributed by atoms with Crippen molar-refractivity contribution in [3.8, 4) is 34.1 Å². The van der Waals surface area contributed by atoms with Crippen LogP contribution in [-0.4, -0.2) is 42.6 Å². The smallest absolute Gasteiger partial charge is 0.267 e. The molecule has 1 saturated heterocycles. The lowest BCUT2D eigenvalue weighted by Gasteiger charge is -2.22. The zero-order valence-corrected chi connectivity index (χ0v) is 20.8. The van der Waals surface area contributed by atoms with E-state index in [-0.39, 0.29) is 5.56 Å². The van der Waals surface area contributed by atoms with Gasteiger partial charge >= 0.3 is 0 Å². The van der Waals surface area contributed by atoms with Crippen LogP contribution in [0, 0.1) is 0 Å². The van der Waals surface area contributed by atoms with Crippen molar-refractivity contribution in [1.29, 1.82) is 0 Å². The number of para-hydroxylation sites is 1. The lowest BCUT2D eigenvalue weighted by atomic mass is 10.1. The second-order valence-corrected chi connectivity index (χ2v) is 9.27. The summed E-state index contributed by atoms with van der Waals surface area (Å²) in [7, 11) is 0. The topological polar surface area (TPSA) is 99.8 Å². The highest BCUT2D eigenvalue weighted by Gasteiger charge is 2.16. The van der Waals surface area contributed by atoms with E-state index < -0.39 is 0 Å². The molecule has 0 unspecified atom stereocenters. The summed E-state index contributed by atoms with van der Waals surface area (Å²) in [5.74, 6) is 1.63. The van der Waals surface area contributed by atoms with Crippen LogP contribution in [0.2, 0.25) is 0 Å². The molecule has 4 heterocycles. The molecule has 0 radical (unpaired) electrons. The molecule has 190 valence electrons. The fraction of sp³-hybridized carbons (Fsp3) is 0.207. The minimum Gasteiger partial charge on any atom is -0.438 e. The van der Waals surface area contributed by atoms with E-state index in [2.05, 4.69) is 36.4 Å². The minimum absolute atomic E-state index is 0.207. The lowest BCUT2D eigenvalue weighted by Crippen LogP contribution is -2.29. The standard InChI is InChI=1S/C29H27N7O2/c37-28-10-9-27(38-26-7-2-1-3-8-26)34-36(28)19-21-5-4-6-22(15-21)29-31-16-23(17-32-29)24-18-33-35(20-24)25-11-13-30-14-12-25/h1-10,15-18,20,25,30H,11-14,19H2. The molecule has 0 amide bonds. The molecule has 2 aromatic carbocycles. The zero-order chi connectivity index (χ0) is 25.7. The summed E-state index contributed by atoms with van der Waals surface area (Å²) in [6, 6.07) is 20.6. The Kier molecular flexibility index (Phi) is 6.73. The number of rotatable bonds is 7. The summed E-state index contributed by atoms with van der Waals surface area (Å²) in [6.07, 6.45) is 9.78. The molecule has 38 heavy (non-hydrogen) atoms. The third kappa shape index (κ3) is 5.37. The molecule has 3 aromatic heterocycles. The lowest BCUT2D eigenvalue weighted by molar-refractivity contribution is 0.343. The zero-order valence-electron chi connectivity index (χ0n) is 20.8. The molecular weight excluding hydrogens is 478 g/mol. The Hall–Kier alpha value is -4.63. The highest BCUT2D eigenvalue weighted by molar-refractivity contribution is 5.62. The van der Waals surface area contributed by atoms with Crippen LogP contribution in [-0.2, 0) is 6.54 Å². The van der Waals surface area contributed by atoms with Gasteiger partial charge in [0.25, 0.3) is 5.56 Å². The average molecular weight is 506 g/mol. The van der Waals surface area contributed by atoms with Gasteiger partial charge in [-0.2, -0.15) is 5.10 Å². The van der Waals surface area contributed by atoms with E-state index in [1.54, 1.807) is 6.07 Å². The van der Waals surface area contributed by atoms with Gasteiger partial charge in [-0.05, 0) is 49.7 Å². The van der Waals surface area contributed by atoms with E-state index in [1.165, 1.54) is 10.7 Å². The summed E-state index contributed by atoms with van der Waals surface area (Å²) in [5.41, 5.74) is 3.50. The number of nitrogens with one attached hydrogen (secondary N) is 1. The van der Waals surface area contributed by atoms with E-state index in [0.717, 1.165) is 48.2 Å². The van der Waals surface area contributed by atoms with Gasteiger partial charge in [-0.15, -0.1) is 5.10 Å². The highest BCUT2D eigenvalue weighted by Crippen LogP contribution is 2.24. The third-order valence-electron chi connectivity index (χ3n) is 6.59. The van der Waals surface area contributed by atoms with Crippen molar-refractivity contribution >= 4 is 0 Å². The maximum atomic E-state index is 12.5. The first-order chi connectivity index (χ1) is 18.7. The van der Waals surface area contributed by atoms with Gasteiger partial charge < -0.3 is 10.1 Å². The molecule has 1 aliphatic rings. The molecule has 1 N–H and O–H groups in total. The Labute approximate surface area is 219 Å². The summed E-state index contributed by atoms with van der Waals surface area (Å²) < 4.78 is 9.24. The maximum Gasteiger partial charge on any atom is 0.267 e. The van der Waals surface area contributed by atoms with Crippen molar-refractivity contribution in [3.63, 3.8) is 0 Å². The van der Waals surface area contributed by atoms with Crippen molar-refractivity contribution < 1.29 is 4.74 Å². The van der Waals surface area contributed by atoms with E-state index in [9.17, 15) is 4.79 Å². The molecule has 1 fully saturated rings. The molecule has 0 atom stereocenters. The van der Waals surface area contributed by atoms with Crippen LogP contribution >= 0.6 is 0 Å². The molecule has 0 spiro atoms. The molecule has 0 aliphatic carbocycles. The van der Waals surface area contributed by atoms with Crippen LogP contribution in [0.15, 0.2) is 96.3 Å². The van der Waals surface area contributed by atoms with Crippen molar-refractivity contribution in [2.45, 2.75) is 25.4 Å². The summed E-state index contributed by atoms with van der Waals surface area (Å²) >= 11 is 0. The number of hydrogen-bond acceptors (Lipinski definition) is 7. The Morgan fingerprint density at radius 3 is 2.50 bits per heavy atom. The van der Waals surface area contributed by atoms with E-state index in [0.29, 0.717) is 30.0 Å². The van der Waals surface area contributed by atoms with Gasteiger partial charge in [0.15, 0.2) is 5.82 Å². The van der Waals surface area contributed by atoms with Crippen LogP contribution < -0.4 is 15.6 Å². The van der Waals surface area contributed by atoms with Gasteiger partial charge in [0.2, 0.25) is 5.88 Å². The van der Waals surface area contributed by atoms with Crippen LogP contribution in [0.5, 0.6) is 11.6 Å². The van der Waals surface area contributed by atoms with Crippen molar-refractivity contribution in [2.75, 3.05) is 13.1 Å². The number of aromatic nitrogens is 6. The Balaban J connectivity index is 1.17. The van der Waals surface area contributed by atoms with Crippen molar-refractivity contribution in [1.82, 2.24) is 34.8 Å². The van der Waals surface area contributed by atoms with Gasteiger partial charge in [-0.3, -0.25) is 9.48 Å². The molecule has 1 aliphatic heterocycles. The first-order valence-corrected chi connectivity index (χ1v) is 12.7. The first kappa shape index (κ1) is 23.7. The van der Waals surface area contributed by atoms with E-state index >= 15 is 0 Å². The summed E-state index contributed by atoms with van der Waals surface area (Å²) in [4.78, 5) is 21.7. The molecule has 6 rings (SSSR count). The number of ether oxygens (including phenoxy) is 1. The normalized spacial score (nSPS) is 13.9. The predicted octanol–water partition coefficient (Wildman–Crippen LogP) is 4.33. The molecule has 9 nitrogen and oxygen atoms in total. The largest absolute Gasteiger partial charge is 0.438 e. The van der Waals surface area contributed by atoms with E-state index in [4.69, 9.17) is 4.74 Å². The summed E-state index contributed by atoms with van der Waals surface area (Å²) in [6.45, 7) is 2.34. The monoisotopic (exact) mass is 505 g/mol. The average Bonchev–Trinajstić information content (AvgIpc) is 3.47. The van der Waals surface area contributed by atoms with Crippen LogP contribution in [0.3, 0.4) is 0 Å². The van der Waals surface area contributed by atoms with Gasteiger partial charge in [0.1, 0.15) is 5.75 Å². The summed E-state index contributed by atoms with van der Waals surface area (Å²) in [5, 5.41) is 12.4. The molecule has 5 aromatic rings. The SMILES string of the molecule is O=c1ccc(Oc2ccccc2)nn1Cc1cccc(-c2ncc(-c3cnn(C4CCNCC4)c3)cn2)c1. The molecule has 0 bridgehead atoms. The van der Waals surface area contributed by atoms with Crippen LogP contribution in [0.4, 0.5) is 0 Å². The predicted molar refractivity (Wildman–Crippen MR) is 144 cm³/mol. The Morgan fingerprint density at radius 2 is 1.68 bits per heavy atom. The molecule has 0 saturated carbocycles. The molecular formula is C29H27N7O2. The fourth-order valence-electron chi connectivity index (χ4n) is 4.57. The second kappa shape index (κ2) is 10.8. The first-order valence-electron chi connectivity index (χ1n) is 12.7. The van der Waals surface area contributed by atoms with Crippen LogP contribution in [0.25, 0.3) is 22.5 Å². The molecule has 9 heteroatoms.